The molecule has 0 radical (unpaired) electrons. The summed E-state index contributed by atoms with van der Waals surface area (Å²) in [5.74, 6) is 0.881. The average Bonchev–Trinajstić information content (AvgIpc) is 0.667. The van der Waals surface area contributed by atoms with E-state index in [1.807, 2.05) is 0 Å². The van der Waals surface area contributed by atoms with E-state index in [1.165, 1.54) is 70.2 Å². The zero-order valence-corrected chi connectivity index (χ0v) is 55.6. The first-order chi connectivity index (χ1) is 42.9. The van der Waals surface area contributed by atoms with Crippen LogP contribution in [0.4, 0.5) is 0 Å². The molecule has 88 heavy (non-hydrogen) atoms. The van der Waals surface area contributed by atoms with Crippen LogP contribution in [-0.2, 0) is 18.3 Å². The molecule has 8 aliphatic rings. The first-order valence-corrected chi connectivity index (χ1v) is 41.1. The molecule has 0 unspecified atom stereocenters. The molecule has 0 bridgehead atoms. The maximum absolute atomic E-state index is 18.9. The fourth-order valence-electron chi connectivity index (χ4n) is 21.2. The van der Waals surface area contributed by atoms with Crippen LogP contribution in [0.5, 0.6) is 0 Å². The van der Waals surface area contributed by atoms with E-state index < -0.39 is 28.6 Å². The normalized spacial score (nSPS) is 28.9. The van der Waals surface area contributed by atoms with E-state index in [-0.39, 0.29) is 23.7 Å². The second-order valence-electron chi connectivity index (χ2n) is 28.8. The van der Waals surface area contributed by atoms with Gasteiger partial charge < -0.3 is 18.3 Å². The van der Waals surface area contributed by atoms with Crippen LogP contribution < -0.4 is 63.7 Å². The molecule has 4 aliphatic heterocycles. The maximum atomic E-state index is 18.9. The summed E-state index contributed by atoms with van der Waals surface area (Å²) < 4.78 is 75.7. The molecule has 448 valence electrons. The first-order valence-electron chi connectivity index (χ1n) is 34.3. The minimum absolute atomic E-state index is 0.0725. The summed E-state index contributed by atoms with van der Waals surface area (Å²) in [4.78, 5) is 0. The van der Waals surface area contributed by atoms with Crippen LogP contribution >= 0.6 is 28.6 Å². The van der Waals surface area contributed by atoms with Crippen molar-refractivity contribution in [3.05, 3.63) is 212 Å². The molecule has 4 nitrogen and oxygen atoms in total. The summed E-state index contributed by atoms with van der Waals surface area (Å²) in [5.41, 5.74) is 13.2. The van der Waals surface area contributed by atoms with E-state index in [4.69, 9.17) is 0 Å². The van der Waals surface area contributed by atoms with E-state index >= 15 is 18.3 Å². The minimum atomic E-state index is -3.96. The Morgan fingerprint density at radius 2 is 0.398 bits per heavy atom. The van der Waals surface area contributed by atoms with Crippen molar-refractivity contribution in [1.29, 1.82) is 0 Å². The molecule has 0 spiro atoms. The molecular formula is C80H84O4P4. The maximum Gasteiger partial charge on any atom is 0.172 e. The highest BCUT2D eigenvalue weighted by Gasteiger charge is 2.58. The van der Waals surface area contributed by atoms with Gasteiger partial charge in [-0.25, -0.2) is 0 Å². The van der Waals surface area contributed by atoms with Gasteiger partial charge in [0, 0.05) is 87.3 Å². The number of benzene rings is 8. The SMILES string of the molecule is Cc1c2c3cc4c1P(=O)(c1ccccc1)c1c(cc5c(c1C)P(=O)(c1ccccc1)c1c(cc6c(c1C)P(=O)(c1ccccc1)c1c(cc(c(c1C)P2(=O)c1ccccc1)C3C1CCCCC1)C6C1CCCCC1)C5C1CCCCC1)C4C1CCCCC1. The fraction of sp³-hybridized carbons (Fsp3) is 0.400. The molecule has 4 aliphatic carbocycles. The van der Waals surface area contributed by atoms with Gasteiger partial charge in [-0.3, -0.25) is 0 Å². The van der Waals surface area contributed by atoms with E-state index in [0.29, 0.717) is 23.7 Å². The summed E-state index contributed by atoms with van der Waals surface area (Å²) in [6.07, 6.45) is 22.8. The number of fused-ring (bicyclic) bond motifs is 8. The molecule has 0 N–H and O–H groups in total. The molecule has 4 fully saturated rings. The van der Waals surface area contributed by atoms with Gasteiger partial charge in [0.05, 0.1) is 0 Å². The number of hydrogen-bond acceptors (Lipinski definition) is 4. The molecule has 0 saturated heterocycles. The Bertz CT molecular complexity index is 3690. The molecule has 4 saturated carbocycles. The third-order valence-electron chi connectivity index (χ3n) is 24.4. The van der Waals surface area contributed by atoms with Gasteiger partial charge in [-0.2, -0.15) is 0 Å². The average molecular weight is 1230 g/mol. The van der Waals surface area contributed by atoms with Crippen LogP contribution in [0.15, 0.2) is 146 Å². The predicted molar refractivity (Wildman–Crippen MR) is 370 cm³/mol. The van der Waals surface area contributed by atoms with Gasteiger partial charge in [0.1, 0.15) is 0 Å². The predicted octanol–water partition coefficient (Wildman–Crippen LogP) is 15.9. The summed E-state index contributed by atoms with van der Waals surface area (Å²) in [5, 5.41) is 10.1. The lowest BCUT2D eigenvalue weighted by atomic mass is 9.67. The molecule has 8 aromatic rings. The van der Waals surface area contributed by atoms with Crippen molar-refractivity contribution in [3.63, 3.8) is 0 Å². The Hall–Kier alpha value is -5.32. The van der Waals surface area contributed by atoms with Gasteiger partial charge in [-0.05, 0) is 169 Å². The van der Waals surface area contributed by atoms with Crippen molar-refractivity contribution in [2.45, 2.75) is 180 Å². The van der Waals surface area contributed by atoms with E-state index in [0.717, 1.165) is 189 Å². The molecule has 8 aromatic carbocycles. The molecule has 4 heterocycles. The van der Waals surface area contributed by atoms with Crippen molar-refractivity contribution >= 4 is 92.2 Å². The monoisotopic (exact) mass is 1230 g/mol. The highest BCUT2D eigenvalue weighted by molar-refractivity contribution is 7.89. The Labute approximate surface area is 523 Å². The fourth-order valence-corrected chi connectivity index (χ4v) is 36.1. The van der Waals surface area contributed by atoms with Crippen molar-refractivity contribution in [3.8, 4) is 0 Å². The zero-order chi connectivity index (χ0) is 59.6. The van der Waals surface area contributed by atoms with Gasteiger partial charge in [0.2, 0.25) is 0 Å². The number of rotatable bonds is 8. The Balaban J connectivity index is 1.16. The zero-order valence-electron chi connectivity index (χ0n) is 52.0. The molecule has 16 rings (SSSR count). The minimum Gasteiger partial charge on any atom is -0.309 e. The van der Waals surface area contributed by atoms with Crippen molar-refractivity contribution < 1.29 is 18.3 Å². The summed E-state index contributed by atoms with van der Waals surface area (Å²) >= 11 is 0. The van der Waals surface area contributed by atoms with Crippen LogP contribution in [0.2, 0.25) is 0 Å². The van der Waals surface area contributed by atoms with Gasteiger partial charge in [-0.1, -0.05) is 223 Å². The molecule has 0 aromatic heterocycles. The Morgan fingerprint density at radius 3 is 0.557 bits per heavy atom. The highest BCUT2D eigenvalue weighted by atomic mass is 31.2. The van der Waals surface area contributed by atoms with Crippen LogP contribution in [0.3, 0.4) is 0 Å². The largest absolute Gasteiger partial charge is 0.309 e. The van der Waals surface area contributed by atoms with Gasteiger partial charge >= 0.3 is 0 Å². The molecule has 0 amide bonds. The summed E-state index contributed by atoms with van der Waals surface area (Å²) in [6.45, 7) is 8.98. The lowest BCUT2D eigenvalue weighted by Crippen LogP contribution is -2.52. The standard InChI is InChI=1S/C80H84O4P4/c1-49-73-61-45-62-70(54-31-15-6-16-32-54)64-47-66-72(56-35-19-8-20-36-56)68-48-67-71(55-33-17-7-18-34-55)65-46-63(69(61)53-29-13-5-14-30-53)75(85(73,81)57-37-21-9-22-38-57)50(2)77(65)87(83,59-41-25-11-26-42-59)79(67)52(4)80(68)88(84,60-43-27-12-28-44-60)78(66)51(3)76(64)86(82,74(49)62)58-39-23-10-24-40-58/h9-12,21-28,37-48,53-56,69-72H,5-8,13-20,29-36H2,1-4H3. The lowest BCUT2D eigenvalue weighted by Gasteiger charge is -2.50. The van der Waals surface area contributed by atoms with Crippen LogP contribution in [0.1, 0.15) is 219 Å². The molecule has 0 atom stereocenters. The van der Waals surface area contributed by atoms with Gasteiger partial charge in [-0.15, -0.1) is 0 Å². The number of hydrogen-bond donors (Lipinski definition) is 0. The molecule has 8 heteroatoms. The topological polar surface area (TPSA) is 68.3 Å². The van der Waals surface area contributed by atoms with Crippen molar-refractivity contribution in [1.82, 2.24) is 0 Å². The second-order valence-corrected chi connectivity index (χ2v) is 39.3. The van der Waals surface area contributed by atoms with E-state index in [9.17, 15) is 0 Å². The second kappa shape index (κ2) is 21.1. The lowest BCUT2D eigenvalue weighted by molar-refractivity contribution is 0.320. The summed E-state index contributed by atoms with van der Waals surface area (Å²) in [7, 11) is -15.9. The summed E-state index contributed by atoms with van der Waals surface area (Å²) in [6, 6.07) is 52.0. The Kier molecular flexibility index (Phi) is 13.6. The van der Waals surface area contributed by atoms with Crippen LogP contribution in [-0.4, -0.2) is 0 Å². The first kappa shape index (κ1) is 56.6. The van der Waals surface area contributed by atoms with Crippen LogP contribution in [0, 0.1) is 51.4 Å². The third-order valence-corrected chi connectivity index (χ3v) is 38.3. The Morgan fingerprint density at radius 1 is 0.239 bits per heavy atom. The van der Waals surface area contributed by atoms with E-state index in [2.05, 4.69) is 173 Å². The quantitative estimate of drug-likeness (QED) is 0.142. The van der Waals surface area contributed by atoms with Crippen molar-refractivity contribution in [2.24, 2.45) is 23.7 Å². The van der Waals surface area contributed by atoms with Crippen LogP contribution in [0.25, 0.3) is 0 Å². The third kappa shape index (κ3) is 7.65. The van der Waals surface area contributed by atoms with Gasteiger partial charge in [0.15, 0.2) is 28.6 Å². The smallest absolute Gasteiger partial charge is 0.172 e. The van der Waals surface area contributed by atoms with Crippen molar-refractivity contribution in [2.75, 3.05) is 0 Å². The van der Waals surface area contributed by atoms with E-state index in [1.54, 1.807) is 0 Å². The highest BCUT2D eigenvalue weighted by Crippen LogP contribution is 2.66. The molecular weight excluding hydrogens is 1150 g/mol. The van der Waals surface area contributed by atoms with Gasteiger partial charge in [0.25, 0.3) is 0 Å².